The van der Waals surface area contributed by atoms with Crippen LogP contribution in [0.25, 0.3) is 0 Å². The molecular formula is C31H23N3O6. The maximum Gasteiger partial charge on any atom is 0.338 e. The van der Waals surface area contributed by atoms with Gasteiger partial charge < -0.3 is 14.6 Å². The molecule has 0 radical (unpaired) electrons. The highest BCUT2D eigenvalue weighted by molar-refractivity contribution is 6.23. The lowest BCUT2D eigenvalue weighted by Crippen LogP contribution is -2.41. The number of benzene rings is 3. The summed E-state index contributed by atoms with van der Waals surface area (Å²) < 4.78 is 9.99. The van der Waals surface area contributed by atoms with Crippen molar-refractivity contribution in [3.05, 3.63) is 112 Å². The van der Waals surface area contributed by atoms with Gasteiger partial charge in [-0.15, -0.1) is 0 Å². The first-order valence-corrected chi connectivity index (χ1v) is 13.0. The van der Waals surface area contributed by atoms with Crippen LogP contribution < -0.4 is 10.2 Å². The Bertz CT molecular complexity index is 1590. The number of imide groups is 1. The van der Waals surface area contributed by atoms with E-state index in [4.69, 9.17) is 9.26 Å². The van der Waals surface area contributed by atoms with E-state index in [2.05, 4.69) is 34.7 Å². The van der Waals surface area contributed by atoms with Gasteiger partial charge in [0.05, 0.1) is 23.1 Å². The summed E-state index contributed by atoms with van der Waals surface area (Å²) >= 11 is 0. The van der Waals surface area contributed by atoms with E-state index in [-0.39, 0.29) is 35.0 Å². The van der Waals surface area contributed by atoms with Crippen LogP contribution in [0.5, 0.6) is 0 Å². The van der Waals surface area contributed by atoms with Crippen LogP contribution in [0.3, 0.4) is 0 Å². The van der Waals surface area contributed by atoms with Crippen molar-refractivity contribution in [2.75, 3.05) is 16.8 Å². The third-order valence-corrected chi connectivity index (χ3v) is 8.04. The molecule has 3 amide bonds. The minimum absolute atomic E-state index is 0.185. The zero-order chi connectivity index (χ0) is 27.5. The molecule has 2 bridgehead atoms. The number of esters is 1. The van der Waals surface area contributed by atoms with Crippen LogP contribution in [-0.2, 0) is 19.1 Å². The molecule has 4 aromatic rings. The summed E-state index contributed by atoms with van der Waals surface area (Å²) in [7, 11) is 0. The minimum atomic E-state index is -0.713. The summed E-state index contributed by atoms with van der Waals surface area (Å²) in [5.74, 6) is -2.34. The molecule has 0 unspecified atom stereocenters. The average Bonchev–Trinajstić information content (AvgIpc) is 3.51. The van der Waals surface area contributed by atoms with Crippen LogP contribution in [0.4, 0.5) is 11.5 Å². The number of carbonyl (C=O) groups is 4. The number of aryl methyl sites for hydroxylation is 1. The zero-order valence-corrected chi connectivity index (χ0v) is 21.4. The van der Waals surface area contributed by atoms with Gasteiger partial charge in [0.2, 0.25) is 11.8 Å². The summed E-state index contributed by atoms with van der Waals surface area (Å²) in [6.07, 6.45) is 0. The first-order valence-electron chi connectivity index (χ1n) is 13.0. The number of ether oxygens (including phenoxy) is 1. The van der Waals surface area contributed by atoms with Gasteiger partial charge in [-0.25, -0.2) is 9.69 Å². The SMILES string of the molecule is Cc1cc(NC(=O)COC(=O)c2ccc(N3C(=O)[C@@H]4C5c6ccccc6C(c6ccccc65)[C@@H]4C3=O)cc2)no1. The number of aromatic nitrogens is 1. The van der Waals surface area contributed by atoms with Crippen LogP contribution in [0.2, 0.25) is 0 Å². The fourth-order valence-electron chi connectivity index (χ4n) is 6.50. The van der Waals surface area contributed by atoms with Crippen molar-refractivity contribution < 1.29 is 28.4 Å². The van der Waals surface area contributed by atoms with E-state index < -0.39 is 30.3 Å². The molecule has 1 saturated heterocycles. The molecule has 9 heteroatoms. The monoisotopic (exact) mass is 533 g/mol. The topological polar surface area (TPSA) is 119 Å². The van der Waals surface area contributed by atoms with Gasteiger partial charge in [-0.3, -0.25) is 14.4 Å². The summed E-state index contributed by atoms with van der Waals surface area (Å²) in [6.45, 7) is 1.18. The smallest absolute Gasteiger partial charge is 0.338 e. The number of anilines is 2. The summed E-state index contributed by atoms with van der Waals surface area (Å²) in [5, 5.41) is 6.13. The van der Waals surface area contributed by atoms with Gasteiger partial charge in [0.15, 0.2) is 12.4 Å². The van der Waals surface area contributed by atoms with Crippen LogP contribution >= 0.6 is 0 Å². The molecule has 1 aromatic heterocycles. The Hall–Kier alpha value is -5.05. The van der Waals surface area contributed by atoms with E-state index in [0.717, 1.165) is 22.3 Å². The molecule has 1 aliphatic heterocycles. The molecule has 8 rings (SSSR count). The predicted octanol–water partition coefficient (Wildman–Crippen LogP) is 4.18. The standard InChI is InChI=1S/C31H23N3O6/c1-16-14-23(33-40-16)32-24(35)15-39-31(38)17-10-12-18(13-11-17)34-29(36)27-25-19-6-2-3-7-20(19)26(28(27)30(34)37)22-9-5-4-8-21(22)25/h2-14,25-28H,15H2,1H3,(H,32,33,35)/t25?,26?,27-,28+. The van der Waals surface area contributed by atoms with Gasteiger partial charge >= 0.3 is 5.97 Å². The molecule has 1 N–H and O–H groups in total. The number of nitrogens with one attached hydrogen (secondary N) is 1. The normalized spacial score (nSPS) is 22.0. The first kappa shape index (κ1) is 24.0. The number of hydrogen-bond acceptors (Lipinski definition) is 7. The largest absolute Gasteiger partial charge is 0.452 e. The molecule has 9 nitrogen and oxygen atoms in total. The lowest BCUT2D eigenvalue weighted by atomic mass is 9.55. The second-order valence-corrected chi connectivity index (χ2v) is 10.3. The van der Waals surface area contributed by atoms with Gasteiger partial charge in [0.25, 0.3) is 5.91 Å². The fourth-order valence-corrected chi connectivity index (χ4v) is 6.50. The maximum atomic E-state index is 13.9. The minimum Gasteiger partial charge on any atom is -0.452 e. The van der Waals surface area contributed by atoms with Crippen LogP contribution in [0.15, 0.2) is 83.4 Å². The third kappa shape index (κ3) is 3.58. The Labute approximate surface area is 228 Å². The Kier molecular flexibility index (Phi) is 5.41. The first-order chi connectivity index (χ1) is 19.4. The Morgan fingerprint density at radius 1 is 0.850 bits per heavy atom. The summed E-state index contributed by atoms with van der Waals surface area (Å²) in [4.78, 5) is 53.6. The fraction of sp³-hybridized carbons (Fsp3) is 0.194. The van der Waals surface area contributed by atoms with Crippen molar-refractivity contribution in [3.8, 4) is 0 Å². The molecular weight excluding hydrogens is 510 g/mol. The highest BCUT2D eigenvalue weighted by Crippen LogP contribution is 2.61. The Morgan fingerprint density at radius 3 is 1.85 bits per heavy atom. The van der Waals surface area contributed by atoms with E-state index in [1.807, 2.05) is 24.3 Å². The molecule has 0 spiro atoms. The van der Waals surface area contributed by atoms with Crippen molar-refractivity contribution in [1.29, 1.82) is 0 Å². The second-order valence-electron chi connectivity index (χ2n) is 10.3. The van der Waals surface area contributed by atoms with Crippen molar-refractivity contribution in [2.24, 2.45) is 11.8 Å². The Balaban J connectivity index is 1.11. The molecule has 1 fully saturated rings. The highest BCUT2D eigenvalue weighted by atomic mass is 16.5. The van der Waals surface area contributed by atoms with Crippen LogP contribution in [0, 0.1) is 18.8 Å². The van der Waals surface area contributed by atoms with E-state index in [1.165, 1.54) is 17.0 Å². The molecule has 4 aliphatic rings. The van der Waals surface area contributed by atoms with E-state index in [0.29, 0.717) is 11.4 Å². The molecule has 198 valence electrons. The van der Waals surface area contributed by atoms with Crippen LogP contribution in [0.1, 0.15) is 50.2 Å². The van der Waals surface area contributed by atoms with Gasteiger partial charge in [-0.2, -0.15) is 0 Å². The van der Waals surface area contributed by atoms with Crippen molar-refractivity contribution >= 4 is 35.2 Å². The number of nitrogens with zero attached hydrogens (tertiary/aromatic N) is 2. The van der Waals surface area contributed by atoms with E-state index >= 15 is 0 Å². The van der Waals surface area contributed by atoms with Crippen molar-refractivity contribution in [2.45, 2.75) is 18.8 Å². The van der Waals surface area contributed by atoms with E-state index in [1.54, 1.807) is 25.1 Å². The molecule has 3 aliphatic carbocycles. The number of hydrogen-bond donors (Lipinski definition) is 1. The zero-order valence-electron chi connectivity index (χ0n) is 21.4. The molecule has 0 saturated carbocycles. The van der Waals surface area contributed by atoms with E-state index in [9.17, 15) is 19.2 Å². The average molecular weight is 534 g/mol. The van der Waals surface area contributed by atoms with Gasteiger partial charge in [-0.05, 0) is 53.4 Å². The number of carbonyl (C=O) groups excluding carboxylic acids is 4. The van der Waals surface area contributed by atoms with Crippen molar-refractivity contribution in [1.82, 2.24) is 5.16 Å². The molecule has 3 aromatic carbocycles. The number of rotatable bonds is 5. The van der Waals surface area contributed by atoms with Crippen LogP contribution in [-0.4, -0.2) is 35.5 Å². The summed E-state index contributed by atoms with van der Waals surface area (Å²) in [6, 6.07) is 23.8. The highest BCUT2D eigenvalue weighted by Gasteiger charge is 2.61. The lowest BCUT2D eigenvalue weighted by Gasteiger charge is -2.45. The quantitative estimate of drug-likeness (QED) is 0.302. The molecule has 40 heavy (non-hydrogen) atoms. The molecule has 2 heterocycles. The van der Waals surface area contributed by atoms with Gasteiger partial charge in [0, 0.05) is 17.9 Å². The summed E-state index contributed by atoms with van der Waals surface area (Å²) in [5.41, 5.74) is 5.01. The Morgan fingerprint density at radius 2 is 1.38 bits per heavy atom. The third-order valence-electron chi connectivity index (χ3n) is 8.04. The van der Waals surface area contributed by atoms with Crippen molar-refractivity contribution in [3.63, 3.8) is 0 Å². The second kappa shape index (κ2) is 9.01. The van der Waals surface area contributed by atoms with Gasteiger partial charge in [0.1, 0.15) is 5.76 Å². The predicted molar refractivity (Wildman–Crippen MR) is 143 cm³/mol. The maximum absolute atomic E-state index is 13.9. The number of amides is 3. The lowest BCUT2D eigenvalue weighted by molar-refractivity contribution is -0.122. The van der Waals surface area contributed by atoms with Gasteiger partial charge in [-0.1, -0.05) is 53.7 Å². The molecule has 2 atom stereocenters.